The number of carbonyl (C=O) groups excluding carboxylic acids is 2. The molecule has 1 N–H and O–H groups in total. The molecule has 1 aromatic heterocycles. The molecule has 8 nitrogen and oxygen atoms in total. The molecule has 1 saturated heterocycles. The number of ketones is 2. The maximum absolute atomic E-state index is 13.4. The maximum atomic E-state index is 13.4. The van der Waals surface area contributed by atoms with Crippen LogP contribution >= 0.6 is 11.3 Å². The Bertz CT molecular complexity index is 1150. The normalized spacial score (nSPS) is 18.6. The minimum atomic E-state index is -3.29. The second kappa shape index (κ2) is 12.0. The zero-order valence-electron chi connectivity index (χ0n) is 20.4. The number of aromatic nitrogens is 1. The van der Waals surface area contributed by atoms with Crippen LogP contribution in [0, 0.1) is 5.92 Å². The van der Waals surface area contributed by atoms with Crippen molar-refractivity contribution in [2.45, 2.75) is 67.1 Å². The van der Waals surface area contributed by atoms with Gasteiger partial charge in [-0.2, -0.15) is 0 Å². The fraction of sp³-hybridized carbons (Fsp3) is 0.577. The third kappa shape index (κ3) is 6.66. The van der Waals surface area contributed by atoms with Gasteiger partial charge in [-0.1, -0.05) is 12.1 Å². The van der Waals surface area contributed by atoms with Crippen LogP contribution in [0.5, 0.6) is 0 Å². The summed E-state index contributed by atoms with van der Waals surface area (Å²) in [4.78, 5) is 31.1. The second-order valence-corrected chi connectivity index (χ2v) is 12.9. The van der Waals surface area contributed by atoms with Crippen molar-refractivity contribution in [3.8, 4) is 0 Å². The van der Waals surface area contributed by atoms with Gasteiger partial charge < -0.3 is 14.6 Å². The Hall–Kier alpha value is -1.98. The van der Waals surface area contributed by atoms with Gasteiger partial charge in [0.15, 0.2) is 20.6 Å². The van der Waals surface area contributed by atoms with Gasteiger partial charge >= 0.3 is 0 Å². The molecule has 10 heteroatoms. The van der Waals surface area contributed by atoms with Crippen LogP contribution in [0.3, 0.4) is 0 Å². The molecule has 2 atom stereocenters. The van der Waals surface area contributed by atoms with Crippen molar-refractivity contribution in [1.29, 1.82) is 0 Å². The highest BCUT2D eigenvalue weighted by atomic mass is 32.2. The fourth-order valence-corrected chi connectivity index (χ4v) is 7.07. The van der Waals surface area contributed by atoms with Gasteiger partial charge in [-0.25, -0.2) is 13.4 Å². The predicted molar refractivity (Wildman–Crippen MR) is 135 cm³/mol. The molecule has 2 heterocycles. The molecule has 4 rings (SSSR count). The zero-order valence-corrected chi connectivity index (χ0v) is 22.1. The molecular weight excluding hydrogens is 502 g/mol. The molecule has 196 valence electrons. The van der Waals surface area contributed by atoms with Gasteiger partial charge in [0.25, 0.3) is 0 Å². The predicted octanol–water partition coefficient (Wildman–Crippen LogP) is 3.89. The summed E-state index contributed by atoms with van der Waals surface area (Å²) in [6.45, 7) is 1.46. The van der Waals surface area contributed by atoms with Crippen molar-refractivity contribution < 1.29 is 32.6 Å². The number of hydrogen-bond acceptors (Lipinski definition) is 9. The Balaban J connectivity index is 1.44. The molecule has 1 saturated carbocycles. The van der Waals surface area contributed by atoms with E-state index in [1.807, 2.05) is 0 Å². The first-order valence-electron chi connectivity index (χ1n) is 12.4. The van der Waals surface area contributed by atoms with Crippen LogP contribution < -0.4 is 0 Å². The molecule has 0 radical (unpaired) electrons. The van der Waals surface area contributed by atoms with Crippen molar-refractivity contribution in [1.82, 2.24) is 4.98 Å². The van der Waals surface area contributed by atoms with Gasteiger partial charge in [0, 0.05) is 45.3 Å². The first-order chi connectivity index (χ1) is 17.3. The lowest BCUT2D eigenvalue weighted by molar-refractivity contribution is -0.121. The number of aliphatic hydroxyl groups is 1. The Labute approximate surface area is 216 Å². The summed E-state index contributed by atoms with van der Waals surface area (Å²) in [5.41, 5.74) is 0.785. The number of benzene rings is 1. The van der Waals surface area contributed by atoms with Crippen molar-refractivity contribution >= 4 is 32.7 Å². The van der Waals surface area contributed by atoms with Gasteiger partial charge in [-0.05, 0) is 55.7 Å². The molecule has 1 aromatic carbocycles. The van der Waals surface area contributed by atoms with Crippen LogP contribution in [0.4, 0.5) is 0 Å². The lowest BCUT2D eigenvalue weighted by atomic mass is 9.81. The van der Waals surface area contributed by atoms with Crippen LogP contribution in [0.2, 0.25) is 0 Å². The highest BCUT2D eigenvalue weighted by molar-refractivity contribution is 7.92. The highest BCUT2D eigenvalue weighted by Crippen LogP contribution is 2.36. The Morgan fingerprint density at radius 3 is 2.47 bits per heavy atom. The van der Waals surface area contributed by atoms with E-state index in [0.717, 1.165) is 29.7 Å². The number of nitrogens with zero attached hydrogens (tertiary/aromatic N) is 1. The number of carbonyl (C=O) groups is 2. The molecule has 1 aliphatic heterocycles. The largest absolute Gasteiger partial charge is 0.385 e. The molecule has 1 aliphatic carbocycles. The van der Waals surface area contributed by atoms with Gasteiger partial charge in [-0.3, -0.25) is 9.59 Å². The third-order valence-corrected chi connectivity index (χ3v) is 10.3. The molecule has 36 heavy (non-hydrogen) atoms. The van der Waals surface area contributed by atoms with Crippen LogP contribution in [-0.2, 0) is 24.1 Å². The number of ether oxygens (including phenoxy) is 2. The molecule has 2 fully saturated rings. The molecule has 2 unspecified atom stereocenters. The van der Waals surface area contributed by atoms with Crippen LogP contribution in [0.25, 0.3) is 0 Å². The number of hydrogen-bond donors (Lipinski definition) is 1. The molecule has 0 bridgehead atoms. The molecule has 0 amide bonds. The summed E-state index contributed by atoms with van der Waals surface area (Å²) in [6, 6.07) is 6.73. The average molecular weight is 536 g/mol. The van der Waals surface area contributed by atoms with Crippen LogP contribution in [0.15, 0.2) is 35.4 Å². The van der Waals surface area contributed by atoms with E-state index in [0.29, 0.717) is 48.2 Å². The Morgan fingerprint density at radius 1 is 1.14 bits per heavy atom. The summed E-state index contributed by atoms with van der Waals surface area (Å²) in [5.74, 6) is -0.347. The van der Waals surface area contributed by atoms with Gasteiger partial charge in [0.1, 0.15) is 11.9 Å². The average Bonchev–Trinajstić information content (AvgIpc) is 3.64. The number of aliphatic hydroxyl groups excluding tert-OH is 1. The van der Waals surface area contributed by atoms with Crippen LogP contribution in [0.1, 0.15) is 77.2 Å². The summed E-state index contributed by atoms with van der Waals surface area (Å²) in [5, 5.41) is 10.0. The lowest BCUT2D eigenvalue weighted by Crippen LogP contribution is -2.22. The number of Topliss-reactive ketones (excluding diaryl/α,β-unsaturated/α-hetero) is 2. The first-order valence-corrected chi connectivity index (χ1v) is 14.8. The first kappa shape index (κ1) is 27.1. The van der Waals surface area contributed by atoms with Gasteiger partial charge in [-0.15, -0.1) is 11.3 Å². The fourth-order valence-electron chi connectivity index (χ4n) is 4.56. The van der Waals surface area contributed by atoms with E-state index < -0.39 is 21.9 Å². The summed E-state index contributed by atoms with van der Waals surface area (Å²) in [6.07, 6.45) is 4.54. The van der Waals surface area contributed by atoms with E-state index in [-0.39, 0.29) is 41.3 Å². The van der Waals surface area contributed by atoms with Crippen molar-refractivity contribution in [2.24, 2.45) is 5.92 Å². The number of rotatable bonds is 13. The van der Waals surface area contributed by atoms with E-state index in [1.165, 1.54) is 13.3 Å². The molecule has 2 aliphatic rings. The van der Waals surface area contributed by atoms with Gasteiger partial charge in [0.2, 0.25) is 0 Å². The van der Waals surface area contributed by atoms with E-state index >= 15 is 0 Å². The second-order valence-electron chi connectivity index (χ2n) is 9.59. The topological polar surface area (TPSA) is 120 Å². The van der Waals surface area contributed by atoms with E-state index in [9.17, 15) is 23.1 Å². The van der Waals surface area contributed by atoms with Crippen molar-refractivity contribution in [3.05, 3.63) is 45.9 Å². The minimum Gasteiger partial charge on any atom is -0.385 e. The number of thiazole rings is 1. The third-order valence-electron chi connectivity index (χ3n) is 6.89. The number of methoxy groups -OCH3 is 1. The van der Waals surface area contributed by atoms with Crippen LogP contribution in [-0.4, -0.2) is 62.3 Å². The number of sulfone groups is 1. The SMILES string of the molecule is COCC(O)c1cnc(C(=O)CCC(=O)C(CC2CCOCC2)c2ccc(S(=O)(=O)C3CC3)cc2)s1. The highest BCUT2D eigenvalue weighted by Gasteiger charge is 2.37. The standard InChI is InChI=1S/C26H33NO7S2/c1-33-16-24(30)25-15-27-26(35-25)23(29)9-8-22(28)21(14-17-10-12-34-13-11-17)18-2-4-19(5-3-18)36(31,32)20-6-7-20/h2-5,15,17,20-21,24,30H,6-14,16H2,1H3. The molecule has 0 spiro atoms. The van der Waals surface area contributed by atoms with Gasteiger partial charge in [0.05, 0.1) is 21.6 Å². The molecular formula is C26H33NO7S2. The molecule has 2 aromatic rings. The van der Waals surface area contributed by atoms with Crippen molar-refractivity contribution in [2.75, 3.05) is 26.9 Å². The Kier molecular flexibility index (Phi) is 9.05. The van der Waals surface area contributed by atoms with Crippen molar-refractivity contribution in [3.63, 3.8) is 0 Å². The lowest BCUT2D eigenvalue weighted by Gasteiger charge is -2.26. The quantitative estimate of drug-likeness (QED) is 0.384. The maximum Gasteiger partial charge on any atom is 0.191 e. The monoisotopic (exact) mass is 535 g/mol. The Morgan fingerprint density at radius 2 is 1.83 bits per heavy atom. The smallest absolute Gasteiger partial charge is 0.191 e. The van der Waals surface area contributed by atoms with E-state index in [2.05, 4.69) is 4.98 Å². The summed E-state index contributed by atoms with van der Waals surface area (Å²) >= 11 is 1.11. The summed E-state index contributed by atoms with van der Waals surface area (Å²) in [7, 11) is -1.81. The van der Waals surface area contributed by atoms with E-state index in [4.69, 9.17) is 9.47 Å². The minimum absolute atomic E-state index is 0.0323. The van der Waals surface area contributed by atoms with E-state index in [1.54, 1.807) is 24.3 Å². The zero-order chi connectivity index (χ0) is 25.7. The summed E-state index contributed by atoms with van der Waals surface area (Å²) < 4.78 is 35.5.